The van der Waals surface area contributed by atoms with E-state index in [1.165, 1.54) is 16.6 Å². The number of pyridine rings is 1. The summed E-state index contributed by atoms with van der Waals surface area (Å²) >= 11 is 1.14. The van der Waals surface area contributed by atoms with Crippen LogP contribution >= 0.6 is 11.8 Å². The van der Waals surface area contributed by atoms with Gasteiger partial charge in [0.25, 0.3) is 5.03 Å². The molecule has 9 heteroatoms. The van der Waals surface area contributed by atoms with Gasteiger partial charge in [0.2, 0.25) is 15.9 Å². The highest BCUT2D eigenvalue weighted by Crippen LogP contribution is 2.24. The Morgan fingerprint density at radius 1 is 1.18 bits per heavy atom. The van der Waals surface area contributed by atoms with E-state index in [2.05, 4.69) is 5.32 Å². The van der Waals surface area contributed by atoms with Crippen molar-refractivity contribution in [2.24, 2.45) is 0 Å². The lowest BCUT2D eigenvalue weighted by Crippen LogP contribution is -2.35. The Kier molecular flexibility index (Phi) is 6.58. The Bertz CT molecular complexity index is 944. The van der Waals surface area contributed by atoms with Crippen molar-refractivity contribution < 1.29 is 17.9 Å². The normalized spacial score (nSPS) is 16.5. The van der Waals surface area contributed by atoms with Gasteiger partial charge in [0.05, 0.1) is 10.1 Å². The van der Waals surface area contributed by atoms with Crippen LogP contribution in [-0.2, 0) is 14.8 Å². The van der Waals surface area contributed by atoms with Gasteiger partial charge in [-0.05, 0) is 55.8 Å². The fraction of sp³-hybridized carbons (Fsp3) is 0.368. The average molecular weight is 422 g/mol. The molecule has 3 rings (SSSR count). The molecule has 1 aliphatic heterocycles. The second kappa shape index (κ2) is 8.93. The van der Waals surface area contributed by atoms with Crippen molar-refractivity contribution in [1.82, 2.24) is 4.31 Å². The van der Waals surface area contributed by atoms with Gasteiger partial charge in [-0.15, -0.1) is 0 Å². The Labute approximate surface area is 169 Å². The van der Waals surface area contributed by atoms with Crippen molar-refractivity contribution in [2.75, 3.05) is 18.4 Å². The first-order chi connectivity index (χ1) is 13.4. The number of carbonyl (C=O) groups excluding carboxylic acids is 1. The number of carbonyl (C=O) groups is 1. The van der Waals surface area contributed by atoms with Crippen LogP contribution in [0.25, 0.3) is 0 Å². The van der Waals surface area contributed by atoms with Crippen LogP contribution in [-0.4, -0.2) is 37.0 Å². The van der Waals surface area contributed by atoms with Crippen LogP contribution in [0.2, 0.25) is 0 Å². The molecule has 0 spiro atoms. The Morgan fingerprint density at radius 3 is 2.64 bits per heavy atom. The summed E-state index contributed by atoms with van der Waals surface area (Å²) < 4.78 is 27.8. The molecule has 1 N–H and O–H groups in total. The van der Waals surface area contributed by atoms with E-state index in [0.29, 0.717) is 28.5 Å². The molecule has 1 aromatic heterocycles. The molecule has 1 saturated heterocycles. The molecule has 150 valence electrons. The first-order valence-corrected chi connectivity index (χ1v) is 11.5. The summed E-state index contributed by atoms with van der Waals surface area (Å²) in [4.78, 5) is 12.7. The number of piperidine rings is 1. The molecule has 1 aliphatic rings. The molecular weight excluding hydrogens is 398 g/mol. The number of hydrogen-bond acceptors (Lipinski definition) is 5. The summed E-state index contributed by atoms with van der Waals surface area (Å²) in [6.45, 7) is 2.75. The number of amides is 1. The molecule has 1 atom stereocenters. The van der Waals surface area contributed by atoms with Gasteiger partial charge in [0, 0.05) is 30.9 Å². The summed E-state index contributed by atoms with van der Waals surface area (Å²) in [6, 6.07) is 11.3. The zero-order chi connectivity index (χ0) is 20.1. The SMILES string of the molecule is CC(Sc1cccc[n+]1[O-])C(=O)Nc1cccc(S(=O)(=O)N2CCCCC2)c1. The number of anilines is 1. The fourth-order valence-electron chi connectivity index (χ4n) is 2.97. The molecular formula is C19H23N3O4S2. The number of aromatic nitrogens is 1. The van der Waals surface area contributed by atoms with Crippen LogP contribution in [0.5, 0.6) is 0 Å². The monoisotopic (exact) mass is 421 g/mol. The third kappa shape index (κ3) is 4.84. The van der Waals surface area contributed by atoms with Gasteiger partial charge in [-0.2, -0.15) is 9.04 Å². The Balaban J connectivity index is 1.70. The zero-order valence-electron chi connectivity index (χ0n) is 15.6. The van der Waals surface area contributed by atoms with Gasteiger partial charge in [-0.3, -0.25) is 4.79 Å². The average Bonchev–Trinajstić information content (AvgIpc) is 2.70. The molecule has 0 saturated carbocycles. The first kappa shape index (κ1) is 20.6. The molecule has 7 nitrogen and oxygen atoms in total. The molecule has 0 bridgehead atoms. The predicted octanol–water partition coefficient (Wildman–Crippen LogP) is 2.61. The number of nitrogens with one attached hydrogen (secondary N) is 1. The number of benzene rings is 1. The van der Waals surface area contributed by atoms with Gasteiger partial charge < -0.3 is 10.5 Å². The van der Waals surface area contributed by atoms with Crippen LogP contribution < -0.4 is 10.0 Å². The van der Waals surface area contributed by atoms with Crippen LogP contribution in [0, 0.1) is 5.21 Å². The van der Waals surface area contributed by atoms with Crippen molar-refractivity contribution >= 4 is 33.4 Å². The minimum absolute atomic E-state index is 0.174. The lowest BCUT2D eigenvalue weighted by Gasteiger charge is -2.26. The summed E-state index contributed by atoms with van der Waals surface area (Å²) in [6.07, 6.45) is 4.15. The van der Waals surface area contributed by atoms with Gasteiger partial charge in [0.1, 0.15) is 0 Å². The second-order valence-corrected chi connectivity index (χ2v) is 9.91. The highest BCUT2D eigenvalue weighted by Gasteiger charge is 2.26. The second-order valence-electron chi connectivity index (χ2n) is 6.61. The molecule has 1 unspecified atom stereocenters. The van der Waals surface area contributed by atoms with E-state index in [9.17, 15) is 18.4 Å². The van der Waals surface area contributed by atoms with E-state index in [0.717, 1.165) is 31.0 Å². The van der Waals surface area contributed by atoms with Crippen molar-refractivity contribution in [3.05, 3.63) is 53.9 Å². The van der Waals surface area contributed by atoms with Gasteiger partial charge in [-0.1, -0.05) is 12.5 Å². The van der Waals surface area contributed by atoms with Crippen LogP contribution in [0.1, 0.15) is 26.2 Å². The zero-order valence-corrected chi connectivity index (χ0v) is 17.2. The van der Waals surface area contributed by atoms with Crippen molar-refractivity contribution in [3.8, 4) is 0 Å². The van der Waals surface area contributed by atoms with Crippen molar-refractivity contribution in [1.29, 1.82) is 0 Å². The van der Waals surface area contributed by atoms with Crippen LogP contribution in [0.15, 0.2) is 58.6 Å². The minimum Gasteiger partial charge on any atom is -0.618 e. The molecule has 1 amide bonds. The maximum Gasteiger partial charge on any atom is 0.252 e. The van der Waals surface area contributed by atoms with E-state index in [4.69, 9.17) is 0 Å². The summed E-state index contributed by atoms with van der Waals surface area (Å²) in [7, 11) is -3.56. The Hall–Kier alpha value is -2.10. The van der Waals surface area contributed by atoms with E-state index in [1.54, 1.807) is 43.3 Å². The minimum atomic E-state index is -3.56. The van der Waals surface area contributed by atoms with E-state index < -0.39 is 15.3 Å². The number of nitrogens with zero attached hydrogens (tertiary/aromatic N) is 2. The van der Waals surface area contributed by atoms with Crippen molar-refractivity contribution in [3.63, 3.8) is 0 Å². The van der Waals surface area contributed by atoms with Gasteiger partial charge >= 0.3 is 0 Å². The molecule has 1 fully saturated rings. The van der Waals surface area contributed by atoms with E-state index >= 15 is 0 Å². The molecule has 28 heavy (non-hydrogen) atoms. The third-order valence-corrected chi connectivity index (χ3v) is 7.53. The first-order valence-electron chi connectivity index (χ1n) is 9.14. The maximum absolute atomic E-state index is 12.8. The number of hydrogen-bond donors (Lipinski definition) is 1. The number of thioether (sulfide) groups is 1. The lowest BCUT2D eigenvalue weighted by atomic mass is 10.2. The largest absolute Gasteiger partial charge is 0.618 e. The molecule has 2 heterocycles. The van der Waals surface area contributed by atoms with E-state index in [1.807, 2.05) is 0 Å². The van der Waals surface area contributed by atoms with Gasteiger partial charge in [0.15, 0.2) is 6.20 Å². The topological polar surface area (TPSA) is 93.4 Å². The predicted molar refractivity (Wildman–Crippen MR) is 108 cm³/mol. The number of sulfonamides is 1. The fourth-order valence-corrected chi connectivity index (χ4v) is 5.38. The Morgan fingerprint density at radius 2 is 1.93 bits per heavy atom. The highest BCUT2D eigenvalue weighted by molar-refractivity contribution is 8.00. The maximum atomic E-state index is 12.8. The van der Waals surface area contributed by atoms with Crippen LogP contribution in [0.3, 0.4) is 0 Å². The van der Waals surface area contributed by atoms with Gasteiger partial charge in [-0.25, -0.2) is 8.42 Å². The van der Waals surface area contributed by atoms with Crippen LogP contribution in [0.4, 0.5) is 5.69 Å². The molecule has 1 aromatic carbocycles. The lowest BCUT2D eigenvalue weighted by molar-refractivity contribution is -0.645. The molecule has 2 aromatic rings. The molecule has 0 aliphatic carbocycles. The summed E-state index contributed by atoms with van der Waals surface area (Å²) in [5, 5.41) is 14.4. The van der Waals surface area contributed by atoms with Crippen molar-refractivity contribution in [2.45, 2.75) is 41.4 Å². The highest BCUT2D eigenvalue weighted by atomic mass is 32.2. The third-order valence-electron chi connectivity index (χ3n) is 4.51. The molecule has 0 radical (unpaired) electrons. The summed E-state index contributed by atoms with van der Waals surface area (Å²) in [5.74, 6) is -0.304. The smallest absolute Gasteiger partial charge is 0.252 e. The quantitative estimate of drug-likeness (QED) is 0.440. The van der Waals surface area contributed by atoms with E-state index in [-0.39, 0.29) is 10.8 Å². The standard InChI is InChI=1S/C19H23N3O4S2/c1-15(27-18-10-3-6-13-22(18)24)19(23)20-16-8-7-9-17(14-16)28(25,26)21-11-4-2-5-12-21/h3,6-10,13-15H,2,4-5,11-12H2,1H3,(H,20,23). The number of rotatable bonds is 6. The summed E-state index contributed by atoms with van der Waals surface area (Å²) in [5.41, 5.74) is 0.415.